The SMILES string of the molecule is CCC(C(N)=O)n1ccnc1-c1ccc(N)cc1. The molecule has 0 aliphatic carbocycles. The summed E-state index contributed by atoms with van der Waals surface area (Å²) in [6.45, 7) is 1.92. The number of primary amides is 1. The van der Waals surface area contributed by atoms with Crippen LogP contribution in [0.2, 0.25) is 0 Å². The molecule has 0 spiro atoms. The number of aromatic nitrogens is 2. The summed E-state index contributed by atoms with van der Waals surface area (Å²) in [5.74, 6) is 0.368. The summed E-state index contributed by atoms with van der Waals surface area (Å²) >= 11 is 0. The van der Waals surface area contributed by atoms with Crippen LogP contribution in [0.5, 0.6) is 0 Å². The lowest BCUT2D eigenvalue weighted by molar-refractivity contribution is -0.121. The van der Waals surface area contributed by atoms with Gasteiger partial charge in [0.05, 0.1) is 0 Å². The molecule has 0 aliphatic heterocycles. The van der Waals surface area contributed by atoms with E-state index in [1.165, 1.54) is 0 Å². The van der Waals surface area contributed by atoms with E-state index in [0.717, 1.165) is 11.4 Å². The molecular weight excluding hydrogens is 228 g/mol. The predicted octanol–water partition coefficient (Wildman–Crippen LogP) is 1.57. The molecule has 2 aromatic rings. The number of nitrogens with two attached hydrogens (primary N) is 2. The van der Waals surface area contributed by atoms with Crippen LogP contribution in [0.4, 0.5) is 5.69 Å². The van der Waals surface area contributed by atoms with Gasteiger partial charge >= 0.3 is 0 Å². The van der Waals surface area contributed by atoms with Crippen molar-refractivity contribution in [2.45, 2.75) is 19.4 Å². The van der Waals surface area contributed by atoms with Gasteiger partial charge in [-0.05, 0) is 30.7 Å². The molecule has 0 saturated carbocycles. The molecule has 1 unspecified atom stereocenters. The number of rotatable bonds is 4. The highest BCUT2D eigenvalue weighted by Gasteiger charge is 2.18. The van der Waals surface area contributed by atoms with Crippen LogP contribution in [-0.4, -0.2) is 15.5 Å². The monoisotopic (exact) mass is 244 g/mol. The molecule has 1 aromatic carbocycles. The average Bonchev–Trinajstić information content (AvgIpc) is 2.79. The Labute approximate surface area is 105 Å². The first kappa shape index (κ1) is 12.2. The lowest BCUT2D eigenvalue weighted by atomic mass is 10.1. The largest absolute Gasteiger partial charge is 0.399 e. The average molecular weight is 244 g/mol. The lowest BCUT2D eigenvalue weighted by Crippen LogP contribution is -2.26. The highest BCUT2D eigenvalue weighted by Crippen LogP contribution is 2.23. The Morgan fingerprint density at radius 2 is 2.06 bits per heavy atom. The molecule has 1 heterocycles. The highest BCUT2D eigenvalue weighted by molar-refractivity contribution is 5.79. The van der Waals surface area contributed by atoms with Crippen LogP contribution < -0.4 is 11.5 Å². The Morgan fingerprint density at radius 3 is 2.61 bits per heavy atom. The lowest BCUT2D eigenvalue weighted by Gasteiger charge is -2.15. The zero-order valence-electron chi connectivity index (χ0n) is 10.2. The number of carbonyl (C=O) groups excluding carboxylic acids is 1. The number of hydrogen-bond donors (Lipinski definition) is 2. The smallest absolute Gasteiger partial charge is 0.240 e. The van der Waals surface area contributed by atoms with E-state index in [-0.39, 0.29) is 11.9 Å². The van der Waals surface area contributed by atoms with E-state index in [0.29, 0.717) is 12.1 Å². The normalized spacial score (nSPS) is 12.3. The van der Waals surface area contributed by atoms with E-state index in [9.17, 15) is 4.79 Å². The summed E-state index contributed by atoms with van der Waals surface area (Å²) in [6, 6.07) is 6.99. The van der Waals surface area contributed by atoms with Crippen molar-refractivity contribution in [3.63, 3.8) is 0 Å². The van der Waals surface area contributed by atoms with Crippen LogP contribution in [-0.2, 0) is 4.79 Å². The number of nitrogens with zero attached hydrogens (tertiary/aromatic N) is 2. The summed E-state index contributed by atoms with van der Waals surface area (Å²) in [6.07, 6.45) is 4.07. The van der Waals surface area contributed by atoms with Gasteiger partial charge in [0.15, 0.2) is 0 Å². The second-order valence-electron chi connectivity index (χ2n) is 4.11. The van der Waals surface area contributed by atoms with Crippen molar-refractivity contribution in [2.24, 2.45) is 5.73 Å². The van der Waals surface area contributed by atoms with Crippen LogP contribution >= 0.6 is 0 Å². The molecule has 0 bridgehead atoms. The third-order valence-electron chi connectivity index (χ3n) is 2.89. The first-order chi connectivity index (χ1) is 8.63. The quantitative estimate of drug-likeness (QED) is 0.800. The van der Waals surface area contributed by atoms with Crippen LogP contribution in [0.15, 0.2) is 36.7 Å². The molecular formula is C13H16N4O. The topological polar surface area (TPSA) is 86.9 Å². The molecule has 1 aromatic heterocycles. The number of carbonyl (C=O) groups is 1. The predicted molar refractivity (Wildman–Crippen MR) is 70.6 cm³/mol. The van der Waals surface area contributed by atoms with E-state index in [2.05, 4.69) is 4.98 Å². The number of amides is 1. The van der Waals surface area contributed by atoms with Crippen LogP contribution in [0.25, 0.3) is 11.4 Å². The minimum absolute atomic E-state index is 0.354. The Kier molecular flexibility index (Phi) is 3.32. The van der Waals surface area contributed by atoms with Gasteiger partial charge < -0.3 is 16.0 Å². The van der Waals surface area contributed by atoms with Gasteiger partial charge in [0.1, 0.15) is 11.9 Å². The van der Waals surface area contributed by atoms with Crippen LogP contribution in [0, 0.1) is 0 Å². The van der Waals surface area contributed by atoms with Crippen molar-refractivity contribution >= 4 is 11.6 Å². The van der Waals surface area contributed by atoms with Gasteiger partial charge in [-0.3, -0.25) is 4.79 Å². The van der Waals surface area contributed by atoms with E-state index in [1.54, 1.807) is 29.1 Å². The fourth-order valence-electron chi connectivity index (χ4n) is 1.96. The van der Waals surface area contributed by atoms with Crippen LogP contribution in [0.1, 0.15) is 19.4 Å². The molecule has 5 heteroatoms. The summed E-state index contributed by atoms with van der Waals surface area (Å²) < 4.78 is 1.80. The van der Waals surface area contributed by atoms with Crippen molar-refractivity contribution in [1.82, 2.24) is 9.55 Å². The van der Waals surface area contributed by atoms with Crippen LogP contribution in [0.3, 0.4) is 0 Å². The Bertz CT molecular complexity index is 544. The first-order valence-corrected chi connectivity index (χ1v) is 5.81. The number of nitrogen functional groups attached to an aromatic ring is 1. The van der Waals surface area contributed by atoms with Gasteiger partial charge in [-0.15, -0.1) is 0 Å². The standard InChI is InChI=1S/C13H16N4O/c1-2-11(12(15)18)17-8-7-16-13(17)9-3-5-10(14)6-4-9/h3-8,11H,2,14H2,1H3,(H2,15,18). The molecule has 94 valence electrons. The van der Waals surface area contributed by atoms with Gasteiger partial charge in [-0.25, -0.2) is 4.98 Å². The summed E-state index contributed by atoms with van der Waals surface area (Å²) in [5, 5.41) is 0. The molecule has 18 heavy (non-hydrogen) atoms. The summed E-state index contributed by atoms with van der Waals surface area (Å²) in [5.41, 5.74) is 12.7. The molecule has 5 nitrogen and oxygen atoms in total. The minimum atomic E-state index is -0.375. The maximum Gasteiger partial charge on any atom is 0.240 e. The molecule has 0 saturated heterocycles. The van der Waals surface area contributed by atoms with Gasteiger partial charge in [0.2, 0.25) is 5.91 Å². The van der Waals surface area contributed by atoms with Crippen molar-refractivity contribution in [2.75, 3.05) is 5.73 Å². The fourth-order valence-corrected chi connectivity index (χ4v) is 1.96. The Balaban J connectivity index is 2.44. The Hall–Kier alpha value is -2.30. The maximum atomic E-state index is 11.4. The zero-order valence-corrected chi connectivity index (χ0v) is 10.2. The molecule has 0 aliphatic rings. The Morgan fingerprint density at radius 1 is 1.39 bits per heavy atom. The van der Waals surface area contributed by atoms with Crippen molar-refractivity contribution in [3.05, 3.63) is 36.7 Å². The fraction of sp³-hybridized carbons (Fsp3) is 0.231. The molecule has 2 rings (SSSR count). The maximum absolute atomic E-state index is 11.4. The van der Waals surface area contributed by atoms with Gasteiger partial charge in [-0.2, -0.15) is 0 Å². The highest BCUT2D eigenvalue weighted by atomic mass is 16.1. The third-order valence-corrected chi connectivity index (χ3v) is 2.89. The number of imidazole rings is 1. The molecule has 1 atom stereocenters. The van der Waals surface area contributed by atoms with E-state index < -0.39 is 0 Å². The van der Waals surface area contributed by atoms with Gasteiger partial charge in [0, 0.05) is 23.6 Å². The van der Waals surface area contributed by atoms with Crippen molar-refractivity contribution in [3.8, 4) is 11.4 Å². The number of hydrogen-bond acceptors (Lipinski definition) is 3. The molecule has 1 amide bonds. The zero-order chi connectivity index (χ0) is 13.1. The van der Waals surface area contributed by atoms with E-state index >= 15 is 0 Å². The second-order valence-corrected chi connectivity index (χ2v) is 4.11. The summed E-state index contributed by atoms with van der Waals surface area (Å²) in [4.78, 5) is 15.7. The third kappa shape index (κ3) is 2.20. The molecule has 4 N–H and O–H groups in total. The van der Waals surface area contributed by atoms with Gasteiger partial charge in [0.25, 0.3) is 0 Å². The first-order valence-electron chi connectivity index (χ1n) is 5.81. The molecule has 0 fully saturated rings. The second kappa shape index (κ2) is 4.91. The number of anilines is 1. The number of benzene rings is 1. The summed E-state index contributed by atoms with van der Waals surface area (Å²) in [7, 11) is 0. The van der Waals surface area contributed by atoms with E-state index in [4.69, 9.17) is 11.5 Å². The minimum Gasteiger partial charge on any atom is -0.399 e. The van der Waals surface area contributed by atoms with E-state index in [1.807, 2.05) is 19.1 Å². The van der Waals surface area contributed by atoms with Crippen molar-refractivity contribution in [1.29, 1.82) is 0 Å². The van der Waals surface area contributed by atoms with Gasteiger partial charge in [-0.1, -0.05) is 6.92 Å². The molecule has 0 radical (unpaired) electrons. The van der Waals surface area contributed by atoms with Crippen molar-refractivity contribution < 1.29 is 4.79 Å².